The minimum Gasteiger partial charge on any atom is -0.478 e. The van der Waals surface area contributed by atoms with E-state index in [1.165, 1.54) is 48.5 Å². The first-order chi connectivity index (χ1) is 16.2. The van der Waals surface area contributed by atoms with Gasteiger partial charge in [0.05, 0.1) is 32.7 Å². The summed E-state index contributed by atoms with van der Waals surface area (Å²) in [7, 11) is 0. The van der Waals surface area contributed by atoms with Crippen molar-refractivity contribution in [2.24, 2.45) is 0 Å². The Kier molecular flexibility index (Phi) is 4.40. The Morgan fingerprint density at radius 1 is 0.500 bits per heavy atom. The smallest absolute Gasteiger partial charge is 0.347 e. The number of hydrogen-bond donors (Lipinski definition) is 2. The van der Waals surface area contributed by atoms with Gasteiger partial charge in [0.25, 0.3) is 0 Å². The average molecular weight is 458 g/mol. The lowest BCUT2D eigenvalue weighted by molar-refractivity contribution is 0.0686. The summed E-state index contributed by atoms with van der Waals surface area (Å²) in [6.45, 7) is 0. The minimum atomic E-state index is -1.20. The van der Waals surface area contributed by atoms with Gasteiger partial charge in [-0.05, 0) is 35.4 Å². The zero-order valence-electron chi connectivity index (χ0n) is 16.8. The number of fused-ring (bicyclic) bond motifs is 2. The predicted molar refractivity (Wildman–Crippen MR) is 118 cm³/mol. The summed E-state index contributed by atoms with van der Waals surface area (Å²) in [6, 6.07) is 10.2. The van der Waals surface area contributed by atoms with Crippen molar-refractivity contribution < 1.29 is 28.6 Å². The number of carboxylic acids is 2. The van der Waals surface area contributed by atoms with Crippen LogP contribution in [0.4, 0.5) is 0 Å². The molecule has 0 aliphatic rings. The summed E-state index contributed by atoms with van der Waals surface area (Å²) in [5.41, 5.74) is -4.20. The zero-order valence-corrected chi connectivity index (χ0v) is 16.8. The van der Waals surface area contributed by atoms with Crippen LogP contribution in [-0.4, -0.2) is 22.2 Å². The highest BCUT2D eigenvalue weighted by Crippen LogP contribution is 2.39. The van der Waals surface area contributed by atoms with Gasteiger partial charge in [0.1, 0.15) is 0 Å². The molecule has 0 bridgehead atoms. The molecule has 0 saturated heterocycles. The van der Waals surface area contributed by atoms with Crippen molar-refractivity contribution in [1.29, 1.82) is 0 Å². The third-order valence-corrected chi connectivity index (χ3v) is 5.53. The molecule has 10 heteroatoms. The number of benzene rings is 3. The molecule has 5 rings (SSSR count). The Morgan fingerprint density at radius 2 is 0.765 bits per heavy atom. The number of rotatable bonds is 4. The van der Waals surface area contributed by atoms with Crippen LogP contribution in [0.25, 0.3) is 43.8 Å². The van der Waals surface area contributed by atoms with Gasteiger partial charge in [-0.2, -0.15) is 0 Å². The molecule has 0 aliphatic carbocycles. The molecule has 10 nitrogen and oxygen atoms in total. The number of carboxylic acid groups (broad SMARTS) is 2. The van der Waals surface area contributed by atoms with Gasteiger partial charge in [0, 0.05) is 11.1 Å². The van der Waals surface area contributed by atoms with Crippen LogP contribution in [0.15, 0.2) is 76.5 Å². The van der Waals surface area contributed by atoms with Gasteiger partial charge >= 0.3 is 34.4 Å². The van der Waals surface area contributed by atoms with E-state index in [4.69, 9.17) is 19.0 Å². The normalized spacial score (nSPS) is 11.3. The molecule has 0 saturated carbocycles. The summed E-state index contributed by atoms with van der Waals surface area (Å²) in [4.78, 5) is 73.2. The van der Waals surface area contributed by atoms with Gasteiger partial charge < -0.3 is 19.0 Å². The van der Waals surface area contributed by atoms with E-state index >= 15 is 0 Å². The molecule has 2 N–H and O–H groups in total. The lowest BCUT2D eigenvalue weighted by Gasteiger charge is -2.10. The fraction of sp³-hybridized carbons (Fsp3) is 0. The Balaban J connectivity index is 1.99. The maximum absolute atomic E-state index is 12.7. The van der Waals surface area contributed by atoms with E-state index < -0.39 is 34.4 Å². The summed E-state index contributed by atoms with van der Waals surface area (Å²) < 4.78 is 9.60. The monoisotopic (exact) mass is 458 g/mol. The lowest BCUT2D eigenvalue weighted by Crippen LogP contribution is -2.03. The van der Waals surface area contributed by atoms with E-state index in [0.717, 1.165) is 0 Å². The number of furan rings is 2. The molecule has 34 heavy (non-hydrogen) atoms. The van der Waals surface area contributed by atoms with Crippen molar-refractivity contribution in [2.75, 3.05) is 0 Å². The van der Waals surface area contributed by atoms with E-state index in [0.29, 0.717) is 0 Å². The van der Waals surface area contributed by atoms with Crippen LogP contribution in [0.2, 0.25) is 0 Å². The van der Waals surface area contributed by atoms with Crippen LogP contribution in [0.5, 0.6) is 0 Å². The van der Waals surface area contributed by atoms with Crippen molar-refractivity contribution in [1.82, 2.24) is 0 Å². The topological polar surface area (TPSA) is 169 Å². The summed E-state index contributed by atoms with van der Waals surface area (Å²) >= 11 is 0. The number of hydrogen-bond acceptors (Lipinski definition) is 8. The second kappa shape index (κ2) is 7.20. The molecule has 0 radical (unpaired) electrons. The number of carbonyl (C=O) groups is 2. The average Bonchev–Trinajstić information content (AvgIpc) is 3.27. The molecule has 0 atom stereocenters. The van der Waals surface area contributed by atoms with E-state index in [1.54, 1.807) is 0 Å². The summed E-state index contributed by atoms with van der Waals surface area (Å²) in [5.74, 6) is -2.40. The third kappa shape index (κ3) is 2.89. The molecule has 2 aromatic heterocycles. The molecule has 0 aliphatic heterocycles. The molecule has 5 aromatic rings. The number of aromatic carboxylic acids is 2. The zero-order chi connectivity index (χ0) is 24.3. The molecule has 3 aromatic carbocycles. The van der Waals surface area contributed by atoms with Gasteiger partial charge in [0.2, 0.25) is 0 Å². The SMILES string of the molecule is O=C(O)c1ccc(-c2c3c(=O)oc(=O)c3c(-c3ccc(C(=O)O)cc3)c3c(=O)oc(=O)c23)cc1. The molecule has 0 amide bonds. The highest BCUT2D eigenvalue weighted by molar-refractivity contribution is 6.20. The van der Waals surface area contributed by atoms with Crippen molar-refractivity contribution in [3.8, 4) is 22.3 Å². The summed E-state index contributed by atoms with van der Waals surface area (Å²) in [6.07, 6.45) is 0. The fourth-order valence-electron chi connectivity index (χ4n) is 4.08. The molecule has 0 spiro atoms. The van der Waals surface area contributed by atoms with Crippen LogP contribution in [-0.2, 0) is 0 Å². The van der Waals surface area contributed by atoms with Crippen LogP contribution >= 0.6 is 0 Å². The Labute approximate surface area is 186 Å². The van der Waals surface area contributed by atoms with E-state index in [2.05, 4.69) is 0 Å². The van der Waals surface area contributed by atoms with Gasteiger partial charge in [-0.15, -0.1) is 0 Å². The maximum Gasteiger partial charge on any atom is 0.347 e. The second-order valence-electron chi connectivity index (χ2n) is 7.37. The first-order valence-corrected chi connectivity index (χ1v) is 9.63. The van der Waals surface area contributed by atoms with Crippen LogP contribution in [0, 0.1) is 0 Å². The van der Waals surface area contributed by atoms with Crippen molar-refractivity contribution in [3.63, 3.8) is 0 Å². The van der Waals surface area contributed by atoms with E-state index in [9.17, 15) is 28.8 Å². The Hall–Kier alpha value is -5.12. The first-order valence-electron chi connectivity index (χ1n) is 9.63. The van der Waals surface area contributed by atoms with Gasteiger partial charge in [-0.25, -0.2) is 28.8 Å². The fourth-order valence-corrected chi connectivity index (χ4v) is 4.08. The lowest BCUT2D eigenvalue weighted by atomic mass is 9.89. The van der Waals surface area contributed by atoms with Crippen LogP contribution < -0.4 is 22.5 Å². The Bertz CT molecular complexity index is 1650. The second-order valence-corrected chi connectivity index (χ2v) is 7.37. The highest BCUT2D eigenvalue weighted by atomic mass is 16.4. The molecule has 166 valence electrons. The first kappa shape index (κ1) is 20.8. The maximum atomic E-state index is 12.7. The third-order valence-electron chi connectivity index (χ3n) is 5.53. The van der Waals surface area contributed by atoms with Crippen molar-refractivity contribution >= 4 is 33.5 Å². The molecular weight excluding hydrogens is 448 g/mol. The molecule has 2 heterocycles. The molecule has 0 unspecified atom stereocenters. The predicted octanol–water partition coefficient (Wildman–Crippen LogP) is 2.23. The standard InChI is InChI=1S/C24H10O10/c25-19(26)11-5-1-9(2-6-11)13-15-17(23(31)33-21(15)29)14(18-16(13)22(30)34-24(18)32)10-3-7-12(8-4-10)20(27)28/h1-8H,(H,25,26)(H,27,28). The largest absolute Gasteiger partial charge is 0.478 e. The van der Waals surface area contributed by atoms with Gasteiger partial charge in [-0.3, -0.25) is 0 Å². The minimum absolute atomic E-state index is 0.0653. The van der Waals surface area contributed by atoms with Crippen molar-refractivity contribution in [3.05, 3.63) is 101 Å². The van der Waals surface area contributed by atoms with Crippen LogP contribution in [0.1, 0.15) is 20.7 Å². The van der Waals surface area contributed by atoms with E-state index in [1.807, 2.05) is 0 Å². The summed E-state index contributed by atoms with van der Waals surface area (Å²) in [5, 5.41) is 17.2. The van der Waals surface area contributed by atoms with Gasteiger partial charge in [-0.1, -0.05) is 24.3 Å². The molecule has 0 fully saturated rings. The van der Waals surface area contributed by atoms with Gasteiger partial charge in [0.15, 0.2) is 0 Å². The van der Waals surface area contributed by atoms with Crippen molar-refractivity contribution in [2.45, 2.75) is 0 Å². The quantitative estimate of drug-likeness (QED) is 0.407. The Morgan fingerprint density at radius 3 is 1.00 bits per heavy atom. The highest BCUT2D eigenvalue weighted by Gasteiger charge is 2.29. The van der Waals surface area contributed by atoms with Crippen LogP contribution in [0.3, 0.4) is 0 Å². The van der Waals surface area contributed by atoms with E-state index in [-0.39, 0.29) is 54.9 Å². The molecular formula is C24H10O10.